The normalized spacial score (nSPS) is 36.6. The predicted molar refractivity (Wildman–Crippen MR) is 103 cm³/mol. The Bertz CT molecular complexity index is 484. The van der Waals surface area contributed by atoms with E-state index in [1.165, 1.54) is 44.9 Å². The van der Waals surface area contributed by atoms with Crippen molar-refractivity contribution < 1.29 is 9.53 Å². The molecule has 0 spiro atoms. The lowest BCUT2D eigenvalue weighted by Crippen LogP contribution is -2.43. The molecule has 0 amide bonds. The molecule has 3 rings (SSSR count). The summed E-state index contributed by atoms with van der Waals surface area (Å²) in [6, 6.07) is 0. The van der Waals surface area contributed by atoms with Crippen LogP contribution in [0.4, 0.5) is 0 Å². The van der Waals surface area contributed by atoms with Crippen LogP contribution < -0.4 is 0 Å². The standard InChI is InChI=1S/C23H40O2/c1-7-22(3,4)20-15(2)18-13-16(20)14-19(18)21(24)25-23(5,6)17-11-9-8-10-12-17/h15-20H,7-14H2,1-6H3. The molecular weight excluding hydrogens is 308 g/mol. The molecule has 0 heterocycles. The van der Waals surface area contributed by atoms with Gasteiger partial charge in [-0.2, -0.15) is 0 Å². The monoisotopic (exact) mass is 348 g/mol. The summed E-state index contributed by atoms with van der Waals surface area (Å²) in [5.74, 6) is 3.53. The van der Waals surface area contributed by atoms with Gasteiger partial charge in [0.25, 0.3) is 0 Å². The maximum atomic E-state index is 13.0. The topological polar surface area (TPSA) is 26.3 Å². The van der Waals surface area contributed by atoms with E-state index in [9.17, 15) is 4.79 Å². The predicted octanol–water partition coefficient (Wildman–Crippen LogP) is 6.23. The van der Waals surface area contributed by atoms with E-state index in [1.54, 1.807) is 0 Å². The minimum atomic E-state index is -0.287. The number of esters is 1. The van der Waals surface area contributed by atoms with Crippen LogP contribution in [-0.2, 0) is 9.53 Å². The zero-order valence-corrected chi connectivity index (χ0v) is 17.4. The van der Waals surface area contributed by atoms with Gasteiger partial charge in [0.2, 0.25) is 0 Å². The summed E-state index contributed by atoms with van der Waals surface area (Å²) in [5.41, 5.74) is 0.111. The van der Waals surface area contributed by atoms with Gasteiger partial charge in [0.05, 0.1) is 5.92 Å². The van der Waals surface area contributed by atoms with E-state index in [0.717, 1.165) is 18.3 Å². The Morgan fingerprint density at radius 1 is 1.04 bits per heavy atom. The molecule has 25 heavy (non-hydrogen) atoms. The number of hydrogen-bond donors (Lipinski definition) is 0. The lowest BCUT2D eigenvalue weighted by molar-refractivity contribution is -0.171. The van der Waals surface area contributed by atoms with Gasteiger partial charge in [-0.3, -0.25) is 4.79 Å². The Hall–Kier alpha value is -0.530. The summed E-state index contributed by atoms with van der Waals surface area (Å²) in [6.07, 6.45) is 9.94. The first-order valence-corrected chi connectivity index (χ1v) is 10.9. The third-order valence-corrected chi connectivity index (χ3v) is 8.47. The van der Waals surface area contributed by atoms with Gasteiger partial charge in [-0.25, -0.2) is 0 Å². The Balaban J connectivity index is 1.64. The number of carbonyl (C=O) groups excluding carboxylic acids is 1. The first-order chi connectivity index (χ1) is 11.7. The number of fused-ring (bicyclic) bond motifs is 2. The van der Waals surface area contributed by atoms with E-state index in [0.29, 0.717) is 23.2 Å². The highest BCUT2D eigenvalue weighted by Gasteiger charge is 2.57. The van der Waals surface area contributed by atoms with Crippen molar-refractivity contribution >= 4 is 5.97 Å². The number of carbonyl (C=O) groups is 1. The molecule has 2 nitrogen and oxygen atoms in total. The van der Waals surface area contributed by atoms with Gasteiger partial charge in [0, 0.05) is 0 Å². The van der Waals surface area contributed by atoms with Crippen LogP contribution >= 0.6 is 0 Å². The summed E-state index contributed by atoms with van der Waals surface area (Å²) >= 11 is 0. The number of hydrogen-bond acceptors (Lipinski definition) is 2. The molecule has 0 aromatic carbocycles. The second kappa shape index (κ2) is 6.89. The first-order valence-electron chi connectivity index (χ1n) is 10.9. The minimum absolute atomic E-state index is 0.114. The Morgan fingerprint density at radius 3 is 2.24 bits per heavy atom. The molecule has 5 unspecified atom stereocenters. The zero-order chi connectivity index (χ0) is 18.4. The molecule has 144 valence electrons. The van der Waals surface area contributed by atoms with Crippen molar-refractivity contribution in [3.8, 4) is 0 Å². The summed E-state index contributed by atoms with van der Waals surface area (Å²) in [4.78, 5) is 13.0. The third-order valence-electron chi connectivity index (χ3n) is 8.47. The maximum absolute atomic E-state index is 13.0. The fourth-order valence-electron chi connectivity index (χ4n) is 6.75. The van der Waals surface area contributed by atoms with Crippen molar-refractivity contribution in [2.24, 2.45) is 40.9 Å². The second-order valence-electron chi connectivity index (χ2n) is 10.6. The highest BCUT2D eigenvalue weighted by Crippen LogP contribution is 2.61. The molecule has 3 saturated carbocycles. The first kappa shape index (κ1) is 19.2. The van der Waals surface area contributed by atoms with Crippen molar-refractivity contribution in [1.82, 2.24) is 0 Å². The molecule has 0 aromatic heterocycles. The van der Waals surface area contributed by atoms with Gasteiger partial charge in [0.15, 0.2) is 0 Å². The fraction of sp³-hybridized carbons (Fsp3) is 0.957. The van der Waals surface area contributed by atoms with Gasteiger partial charge in [-0.05, 0) is 74.5 Å². The van der Waals surface area contributed by atoms with E-state index in [1.807, 2.05) is 0 Å². The van der Waals surface area contributed by atoms with Crippen molar-refractivity contribution in [1.29, 1.82) is 0 Å². The summed E-state index contributed by atoms with van der Waals surface area (Å²) in [5, 5.41) is 0. The summed E-state index contributed by atoms with van der Waals surface area (Å²) in [7, 11) is 0. The third kappa shape index (κ3) is 3.52. The molecule has 2 heteroatoms. The van der Waals surface area contributed by atoms with Crippen molar-refractivity contribution in [2.45, 2.75) is 98.5 Å². The van der Waals surface area contributed by atoms with Crippen LogP contribution in [0.2, 0.25) is 0 Å². The molecule has 5 atom stereocenters. The second-order valence-corrected chi connectivity index (χ2v) is 10.6. The maximum Gasteiger partial charge on any atom is 0.309 e. The van der Waals surface area contributed by atoms with Crippen molar-refractivity contribution in [3.63, 3.8) is 0 Å². The summed E-state index contributed by atoms with van der Waals surface area (Å²) < 4.78 is 6.17. The largest absolute Gasteiger partial charge is 0.459 e. The van der Waals surface area contributed by atoms with Gasteiger partial charge in [-0.15, -0.1) is 0 Å². The minimum Gasteiger partial charge on any atom is -0.459 e. The Labute approximate surface area is 155 Å². The van der Waals surface area contributed by atoms with Gasteiger partial charge < -0.3 is 4.74 Å². The van der Waals surface area contributed by atoms with Crippen molar-refractivity contribution in [3.05, 3.63) is 0 Å². The van der Waals surface area contributed by atoms with Crippen LogP contribution in [-0.4, -0.2) is 11.6 Å². The average molecular weight is 349 g/mol. The SMILES string of the molecule is CCC(C)(C)C1C2CC(C(=O)OC(C)(C)C3CCCCC3)C(C2)C1C. The van der Waals surface area contributed by atoms with E-state index in [2.05, 4.69) is 41.5 Å². The van der Waals surface area contributed by atoms with E-state index >= 15 is 0 Å². The van der Waals surface area contributed by atoms with E-state index < -0.39 is 0 Å². The molecule has 3 aliphatic rings. The fourth-order valence-corrected chi connectivity index (χ4v) is 6.75. The lowest BCUT2D eigenvalue weighted by atomic mass is 9.63. The van der Waals surface area contributed by atoms with Gasteiger partial charge in [-0.1, -0.05) is 53.4 Å². The Kier molecular flexibility index (Phi) is 5.30. The van der Waals surface area contributed by atoms with Crippen molar-refractivity contribution in [2.75, 3.05) is 0 Å². The molecule has 0 saturated heterocycles. The molecule has 0 aliphatic heterocycles. The van der Waals surface area contributed by atoms with Crippen LogP contribution in [0.1, 0.15) is 92.9 Å². The highest BCUT2D eigenvalue weighted by molar-refractivity contribution is 5.74. The van der Waals surface area contributed by atoms with Crippen LogP contribution in [0.3, 0.4) is 0 Å². The molecule has 0 N–H and O–H groups in total. The molecular formula is C23H40O2. The van der Waals surface area contributed by atoms with Gasteiger partial charge >= 0.3 is 5.97 Å². The highest BCUT2D eigenvalue weighted by atomic mass is 16.6. The quantitative estimate of drug-likeness (QED) is 0.550. The lowest BCUT2D eigenvalue weighted by Gasteiger charge is -2.43. The van der Waals surface area contributed by atoms with E-state index in [-0.39, 0.29) is 17.5 Å². The average Bonchev–Trinajstić information content (AvgIpc) is 3.13. The van der Waals surface area contributed by atoms with Crippen LogP contribution in [0.25, 0.3) is 0 Å². The summed E-state index contributed by atoms with van der Waals surface area (Å²) in [6.45, 7) is 13.9. The number of rotatable bonds is 5. The van der Waals surface area contributed by atoms with Crippen LogP contribution in [0, 0.1) is 40.9 Å². The molecule has 0 aromatic rings. The number of ether oxygens (including phenoxy) is 1. The molecule has 3 aliphatic carbocycles. The molecule has 0 radical (unpaired) electrons. The molecule has 3 fully saturated rings. The molecule has 2 bridgehead atoms. The zero-order valence-electron chi connectivity index (χ0n) is 17.4. The Morgan fingerprint density at radius 2 is 1.68 bits per heavy atom. The van der Waals surface area contributed by atoms with Crippen LogP contribution in [0.15, 0.2) is 0 Å². The smallest absolute Gasteiger partial charge is 0.309 e. The van der Waals surface area contributed by atoms with Gasteiger partial charge in [0.1, 0.15) is 5.60 Å². The van der Waals surface area contributed by atoms with Crippen LogP contribution in [0.5, 0.6) is 0 Å². The van der Waals surface area contributed by atoms with E-state index in [4.69, 9.17) is 4.74 Å².